The SMILES string of the molecule is CC(C)NS(=O)(=O)Cc1ccccc1CNC(=O)CC1COCCN1. The summed E-state index contributed by atoms with van der Waals surface area (Å²) in [6.45, 7) is 5.83. The van der Waals surface area contributed by atoms with Crippen LogP contribution in [0.5, 0.6) is 0 Å². The van der Waals surface area contributed by atoms with Gasteiger partial charge in [-0.3, -0.25) is 4.79 Å². The van der Waals surface area contributed by atoms with Crippen molar-refractivity contribution in [1.29, 1.82) is 0 Å². The topological polar surface area (TPSA) is 96.5 Å². The number of morpholine rings is 1. The number of carbonyl (C=O) groups excluding carboxylic acids is 1. The fraction of sp³-hybridized carbons (Fsp3) is 0.588. The minimum absolute atomic E-state index is 0.0274. The molecule has 0 bridgehead atoms. The summed E-state index contributed by atoms with van der Waals surface area (Å²) in [5, 5.41) is 6.10. The van der Waals surface area contributed by atoms with Crippen molar-refractivity contribution >= 4 is 15.9 Å². The Morgan fingerprint density at radius 1 is 1.32 bits per heavy atom. The molecule has 2 rings (SSSR count). The molecule has 0 spiro atoms. The summed E-state index contributed by atoms with van der Waals surface area (Å²) < 4.78 is 32.2. The van der Waals surface area contributed by atoms with E-state index in [-0.39, 0.29) is 23.7 Å². The van der Waals surface area contributed by atoms with Gasteiger partial charge in [0.15, 0.2) is 0 Å². The highest BCUT2D eigenvalue weighted by Crippen LogP contribution is 2.12. The van der Waals surface area contributed by atoms with Gasteiger partial charge in [-0.05, 0) is 25.0 Å². The van der Waals surface area contributed by atoms with E-state index in [1.165, 1.54) is 0 Å². The highest BCUT2D eigenvalue weighted by Gasteiger charge is 2.18. The van der Waals surface area contributed by atoms with Crippen molar-refractivity contribution in [3.05, 3.63) is 35.4 Å². The van der Waals surface area contributed by atoms with E-state index < -0.39 is 10.0 Å². The fourth-order valence-corrected chi connectivity index (χ4v) is 4.21. The Balaban J connectivity index is 1.92. The van der Waals surface area contributed by atoms with Crippen LogP contribution in [0.2, 0.25) is 0 Å². The van der Waals surface area contributed by atoms with E-state index in [0.717, 1.165) is 12.1 Å². The van der Waals surface area contributed by atoms with Crippen LogP contribution in [-0.2, 0) is 31.9 Å². The molecule has 0 aliphatic carbocycles. The molecule has 140 valence electrons. The lowest BCUT2D eigenvalue weighted by Crippen LogP contribution is -2.44. The number of rotatable bonds is 8. The molecule has 0 aromatic heterocycles. The molecule has 25 heavy (non-hydrogen) atoms. The van der Waals surface area contributed by atoms with Crippen LogP contribution in [-0.4, -0.2) is 46.2 Å². The molecule has 1 aromatic carbocycles. The normalized spacial score (nSPS) is 18.3. The van der Waals surface area contributed by atoms with Gasteiger partial charge in [0.25, 0.3) is 0 Å². The third-order valence-corrected chi connectivity index (χ3v) is 5.31. The van der Waals surface area contributed by atoms with Crippen LogP contribution in [0.1, 0.15) is 31.4 Å². The average Bonchev–Trinajstić information content (AvgIpc) is 2.53. The maximum Gasteiger partial charge on any atom is 0.221 e. The molecular weight excluding hydrogens is 342 g/mol. The van der Waals surface area contributed by atoms with E-state index in [1.807, 2.05) is 12.1 Å². The summed E-state index contributed by atoms with van der Waals surface area (Å²) in [4.78, 5) is 12.1. The molecule has 1 fully saturated rings. The van der Waals surface area contributed by atoms with Gasteiger partial charge in [-0.15, -0.1) is 0 Å². The lowest BCUT2D eigenvalue weighted by atomic mass is 10.1. The van der Waals surface area contributed by atoms with Crippen LogP contribution in [0, 0.1) is 0 Å². The summed E-state index contributed by atoms with van der Waals surface area (Å²) in [5.74, 6) is -0.184. The van der Waals surface area contributed by atoms with Crippen molar-refractivity contribution < 1.29 is 17.9 Å². The summed E-state index contributed by atoms with van der Waals surface area (Å²) in [7, 11) is -3.41. The Morgan fingerprint density at radius 2 is 2.04 bits per heavy atom. The third-order valence-electron chi connectivity index (χ3n) is 3.79. The number of sulfonamides is 1. The first-order valence-corrected chi connectivity index (χ1v) is 10.2. The summed E-state index contributed by atoms with van der Waals surface area (Å²) in [5.41, 5.74) is 1.49. The Kier molecular flexibility index (Phi) is 7.37. The Hall–Kier alpha value is -1.48. The zero-order valence-electron chi connectivity index (χ0n) is 14.7. The second kappa shape index (κ2) is 9.28. The molecule has 1 amide bonds. The van der Waals surface area contributed by atoms with Crippen molar-refractivity contribution in [2.24, 2.45) is 0 Å². The largest absolute Gasteiger partial charge is 0.378 e. The molecule has 1 atom stereocenters. The van der Waals surface area contributed by atoms with Gasteiger partial charge in [-0.1, -0.05) is 24.3 Å². The van der Waals surface area contributed by atoms with Crippen molar-refractivity contribution in [3.8, 4) is 0 Å². The monoisotopic (exact) mass is 369 g/mol. The second-order valence-corrected chi connectivity index (χ2v) is 8.26. The van der Waals surface area contributed by atoms with Crippen molar-refractivity contribution in [1.82, 2.24) is 15.4 Å². The van der Waals surface area contributed by atoms with Crippen LogP contribution >= 0.6 is 0 Å². The van der Waals surface area contributed by atoms with Crippen LogP contribution in [0.4, 0.5) is 0 Å². The van der Waals surface area contributed by atoms with Crippen LogP contribution in [0.15, 0.2) is 24.3 Å². The smallest absolute Gasteiger partial charge is 0.221 e. The molecule has 1 aromatic rings. The maximum absolute atomic E-state index is 12.1. The lowest BCUT2D eigenvalue weighted by molar-refractivity contribution is -0.122. The summed E-state index contributed by atoms with van der Waals surface area (Å²) in [6.07, 6.45) is 0.343. The van der Waals surface area contributed by atoms with Gasteiger partial charge in [0, 0.05) is 31.6 Å². The molecule has 0 saturated carbocycles. The molecule has 1 aliphatic rings. The summed E-state index contributed by atoms with van der Waals surface area (Å²) >= 11 is 0. The standard InChI is InChI=1S/C17H27N3O4S/c1-13(2)20-25(22,23)12-15-6-4-3-5-14(15)10-19-17(21)9-16-11-24-8-7-18-16/h3-6,13,16,18,20H,7-12H2,1-2H3,(H,19,21). The number of ether oxygens (including phenoxy) is 1. The van der Waals surface area contributed by atoms with Gasteiger partial charge in [-0.25, -0.2) is 13.1 Å². The third kappa shape index (κ3) is 7.11. The number of benzene rings is 1. The minimum Gasteiger partial charge on any atom is -0.378 e. The molecular formula is C17H27N3O4S. The fourth-order valence-electron chi connectivity index (χ4n) is 2.72. The van der Waals surface area contributed by atoms with Gasteiger partial charge in [0.1, 0.15) is 0 Å². The second-order valence-electron chi connectivity index (χ2n) is 6.51. The van der Waals surface area contributed by atoms with Crippen molar-refractivity contribution in [3.63, 3.8) is 0 Å². The molecule has 8 heteroatoms. The van der Waals surface area contributed by atoms with E-state index >= 15 is 0 Å². The Morgan fingerprint density at radius 3 is 2.68 bits per heavy atom. The quantitative estimate of drug-likeness (QED) is 0.620. The summed E-state index contributed by atoms with van der Waals surface area (Å²) in [6, 6.07) is 7.13. The van der Waals surface area contributed by atoms with Crippen molar-refractivity contribution in [2.75, 3.05) is 19.8 Å². The molecule has 1 saturated heterocycles. The molecule has 1 unspecified atom stereocenters. The van der Waals surface area contributed by atoms with E-state index in [1.54, 1.807) is 26.0 Å². The molecule has 1 heterocycles. The van der Waals surface area contributed by atoms with E-state index in [9.17, 15) is 13.2 Å². The lowest BCUT2D eigenvalue weighted by Gasteiger charge is -2.23. The predicted molar refractivity (Wildman–Crippen MR) is 96.4 cm³/mol. The van der Waals surface area contributed by atoms with Crippen molar-refractivity contribution in [2.45, 2.75) is 44.6 Å². The van der Waals surface area contributed by atoms with Crippen LogP contribution in [0.25, 0.3) is 0 Å². The Labute approximate surface area is 149 Å². The first kappa shape index (κ1) is 19.8. The van der Waals surface area contributed by atoms with Gasteiger partial charge < -0.3 is 15.4 Å². The molecule has 7 nitrogen and oxygen atoms in total. The number of hydrogen-bond donors (Lipinski definition) is 3. The maximum atomic E-state index is 12.1. The van der Waals surface area contributed by atoms with Crippen LogP contribution in [0.3, 0.4) is 0 Å². The first-order valence-electron chi connectivity index (χ1n) is 8.50. The number of amides is 1. The zero-order chi connectivity index (χ0) is 18.3. The van der Waals surface area contributed by atoms with Gasteiger partial charge >= 0.3 is 0 Å². The number of hydrogen-bond acceptors (Lipinski definition) is 5. The van der Waals surface area contributed by atoms with E-state index in [2.05, 4.69) is 15.4 Å². The number of carbonyl (C=O) groups is 1. The van der Waals surface area contributed by atoms with E-state index in [4.69, 9.17) is 4.74 Å². The predicted octanol–water partition coefficient (Wildman–Crippen LogP) is 0.509. The first-order chi connectivity index (χ1) is 11.9. The molecule has 0 radical (unpaired) electrons. The Bertz CT molecular complexity index is 670. The average molecular weight is 369 g/mol. The zero-order valence-corrected chi connectivity index (χ0v) is 15.6. The van der Waals surface area contributed by atoms with Crippen LogP contribution < -0.4 is 15.4 Å². The van der Waals surface area contributed by atoms with E-state index in [0.29, 0.717) is 31.7 Å². The highest BCUT2D eigenvalue weighted by atomic mass is 32.2. The number of nitrogens with one attached hydrogen (secondary N) is 3. The minimum atomic E-state index is -3.41. The van der Waals surface area contributed by atoms with Gasteiger partial charge in [-0.2, -0.15) is 0 Å². The van der Waals surface area contributed by atoms with Gasteiger partial charge in [0.2, 0.25) is 15.9 Å². The molecule has 3 N–H and O–H groups in total. The van der Waals surface area contributed by atoms with Gasteiger partial charge in [0.05, 0.1) is 19.0 Å². The highest BCUT2D eigenvalue weighted by molar-refractivity contribution is 7.88. The molecule has 1 aliphatic heterocycles.